The fraction of sp³-hybridized carbons (Fsp3) is 0.405. The number of urea groups is 1. The molecule has 3 aromatic carbocycles. The van der Waals surface area contributed by atoms with Gasteiger partial charge >= 0.3 is 12.1 Å². The van der Waals surface area contributed by atoms with Crippen molar-refractivity contribution in [1.82, 2.24) is 19.2 Å². The van der Waals surface area contributed by atoms with Gasteiger partial charge in [-0.15, -0.1) is 0 Å². The number of sulfonamides is 1. The number of ether oxygens (including phenoxy) is 3. The van der Waals surface area contributed by atoms with Crippen molar-refractivity contribution in [3.63, 3.8) is 0 Å². The number of piperidine rings is 1. The first-order valence-electron chi connectivity index (χ1n) is 17.5. The van der Waals surface area contributed by atoms with E-state index in [-0.39, 0.29) is 23.5 Å². The Bertz CT molecular complexity index is 2090. The highest BCUT2D eigenvalue weighted by molar-refractivity contribution is 7.89. The second-order valence-electron chi connectivity index (χ2n) is 14.5. The highest BCUT2D eigenvalue weighted by Crippen LogP contribution is 2.38. The molecule has 1 aromatic heterocycles. The zero-order chi connectivity index (χ0) is 37.9. The average Bonchev–Trinajstić information content (AvgIpc) is 3.14. The van der Waals surface area contributed by atoms with Crippen LogP contribution in [0.4, 0.5) is 26.8 Å². The van der Waals surface area contributed by atoms with Crippen LogP contribution in [0.1, 0.15) is 18.4 Å². The average molecular weight is 763 g/mol. The normalized spacial score (nSPS) is 15.4. The third-order valence-corrected chi connectivity index (χ3v) is 13.0. The molecule has 14 nitrogen and oxygen atoms in total. The minimum atomic E-state index is -4.52. The molecule has 0 saturated carbocycles. The fourth-order valence-corrected chi connectivity index (χ4v) is 8.65. The number of benzene rings is 3. The van der Waals surface area contributed by atoms with E-state index in [4.69, 9.17) is 14.2 Å². The number of rotatable bonds is 13. The number of amides is 3. The number of anilines is 3. The van der Waals surface area contributed by atoms with Crippen LogP contribution in [-0.4, -0.2) is 100 Å². The Balaban J connectivity index is 1.19. The van der Waals surface area contributed by atoms with Gasteiger partial charge in [-0.25, -0.2) is 28.0 Å². The van der Waals surface area contributed by atoms with Gasteiger partial charge in [0.15, 0.2) is 11.5 Å². The molecule has 0 atom stereocenters. The zero-order valence-electron chi connectivity index (χ0n) is 30.7. The van der Waals surface area contributed by atoms with E-state index in [0.717, 1.165) is 54.3 Å². The molecule has 6 rings (SSSR count). The lowest BCUT2D eigenvalue weighted by atomic mass is 9.95. The van der Waals surface area contributed by atoms with E-state index in [2.05, 4.69) is 34.5 Å². The molecule has 1 saturated heterocycles. The molecule has 2 aliphatic rings. The standard InChI is InChI=1S/C37H46N6O8SSi/c1-49-33-20-30-31(21-34(33)50-2)38-24-39-35(30)40-15-13-26(14-16-40)22-41-23-27-9-6-7-12-32(27)43(36(41)44)28-10-8-11-29(19-28)52(47,48)42(37(45)46)25-51-17-18-53(3,4)5/h6-12,19-21,24,26H,13-18,22-23,25H2,1-5H3,(H,45,46). The van der Waals surface area contributed by atoms with E-state index in [0.29, 0.717) is 40.3 Å². The van der Waals surface area contributed by atoms with E-state index < -0.39 is 30.9 Å². The van der Waals surface area contributed by atoms with Crippen LogP contribution in [0.3, 0.4) is 0 Å². The molecular weight excluding hydrogens is 717 g/mol. The zero-order valence-corrected chi connectivity index (χ0v) is 32.5. The van der Waals surface area contributed by atoms with Gasteiger partial charge in [0.25, 0.3) is 10.0 Å². The molecule has 0 unspecified atom stereocenters. The monoisotopic (exact) mass is 762 g/mol. The minimum Gasteiger partial charge on any atom is -0.493 e. The molecule has 4 aromatic rings. The summed E-state index contributed by atoms with van der Waals surface area (Å²) in [6, 6.07) is 17.6. The number of nitrogens with zero attached hydrogens (tertiary/aromatic N) is 6. The van der Waals surface area contributed by atoms with E-state index in [1.807, 2.05) is 36.4 Å². The maximum absolute atomic E-state index is 14.3. The fourth-order valence-electron chi connectivity index (χ4n) is 6.70. The number of fused-ring (bicyclic) bond motifs is 2. The van der Waals surface area contributed by atoms with Gasteiger partial charge in [-0.1, -0.05) is 43.9 Å². The van der Waals surface area contributed by atoms with Crippen LogP contribution < -0.4 is 19.3 Å². The van der Waals surface area contributed by atoms with Crippen molar-refractivity contribution in [3.8, 4) is 11.5 Å². The second-order valence-corrected chi connectivity index (χ2v) is 21.9. The Hall–Kier alpha value is -4.93. The minimum absolute atomic E-state index is 0.210. The Morgan fingerprint density at radius 3 is 2.40 bits per heavy atom. The van der Waals surface area contributed by atoms with Gasteiger partial charge in [0.2, 0.25) is 0 Å². The van der Waals surface area contributed by atoms with E-state index in [9.17, 15) is 23.1 Å². The van der Waals surface area contributed by atoms with Crippen LogP contribution in [0.5, 0.6) is 11.5 Å². The molecule has 3 heterocycles. The third kappa shape index (κ3) is 8.19. The molecular formula is C37H46N6O8SSi. The summed E-state index contributed by atoms with van der Waals surface area (Å²) in [5, 5.41) is 10.7. The summed E-state index contributed by atoms with van der Waals surface area (Å²) in [6.07, 6.45) is 1.55. The van der Waals surface area contributed by atoms with Crippen LogP contribution in [0.2, 0.25) is 25.7 Å². The number of carboxylic acid groups (broad SMARTS) is 1. The van der Waals surface area contributed by atoms with Gasteiger partial charge in [-0.2, -0.15) is 4.31 Å². The molecule has 0 aliphatic carbocycles. The highest BCUT2D eigenvalue weighted by atomic mass is 32.2. The summed E-state index contributed by atoms with van der Waals surface area (Å²) in [5.74, 6) is 2.22. The molecule has 0 spiro atoms. The summed E-state index contributed by atoms with van der Waals surface area (Å²) in [4.78, 5) is 40.8. The van der Waals surface area contributed by atoms with Crippen molar-refractivity contribution in [2.75, 3.05) is 57.0 Å². The van der Waals surface area contributed by atoms with Gasteiger partial charge in [0.05, 0.1) is 36.0 Å². The molecule has 16 heteroatoms. The summed E-state index contributed by atoms with van der Waals surface area (Å²) < 4.78 is 44.1. The molecule has 282 valence electrons. The number of carbonyl (C=O) groups is 2. The topological polar surface area (TPSA) is 155 Å². The van der Waals surface area contributed by atoms with Gasteiger partial charge in [-0.05, 0) is 60.7 Å². The first kappa shape index (κ1) is 37.8. The van der Waals surface area contributed by atoms with Crippen molar-refractivity contribution < 1.29 is 37.3 Å². The highest BCUT2D eigenvalue weighted by Gasteiger charge is 2.36. The number of hydrogen-bond donors (Lipinski definition) is 1. The van der Waals surface area contributed by atoms with Gasteiger partial charge in [-0.3, -0.25) is 4.90 Å². The van der Waals surface area contributed by atoms with Crippen LogP contribution in [-0.2, 0) is 21.3 Å². The largest absolute Gasteiger partial charge is 0.493 e. The molecule has 2 aliphatic heterocycles. The van der Waals surface area contributed by atoms with E-state index in [1.54, 1.807) is 31.5 Å². The second kappa shape index (κ2) is 15.6. The number of para-hydroxylation sites is 1. The number of hydrogen-bond acceptors (Lipinski definition) is 10. The smallest absolute Gasteiger partial charge is 0.423 e. The van der Waals surface area contributed by atoms with Crippen molar-refractivity contribution in [3.05, 3.63) is 72.6 Å². The molecule has 0 bridgehead atoms. The van der Waals surface area contributed by atoms with E-state index in [1.165, 1.54) is 23.1 Å². The Morgan fingerprint density at radius 2 is 1.70 bits per heavy atom. The van der Waals surface area contributed by atoms with Crippen LogP contribution in [0, 0.1) is 5.92 Å². The number of methoxy groups -OCH3 is 2. The number of aromatic nitrogens is 2. The molecule has 0 radical (unpaired) electrons. The van der Waals surface area contributed by atoms with Crippen molar-refractivity contribution in [1.29, 1.82) is 0 Å². The predicted molar refractivity (Wildman–Crippen MR) is 204 cm³/mol. The van der Waals surface area contributed by atoms with Crippen molar-refractivity contribution in [2.45, 2.75) is 50.0 Å². The Kier molecular flexibility index (Phi) is 11.1. The number of carbonyl (C=O) groups excluding carboxylic acids is 1. The van der Waals surface area contributed by atoms with E-state index >= 15 is 0 Å². The predicted octanol–water partition coefficient (Wildman–Crippen LogP) is 6.62. The van der Waals surface area contributed by atoms with Crippen molar-refractivity contribution in [2.24, 2.45) is 5.92 Å². The molecule has 3 amide bonds. The summed E-state index contributed by atoms with van der Waals surface area (Å²) >= 11 is 0. The lowest BCUT2D eigenvalue weighted by Gasteiger charge is -2.40. The Labute approximate surface area is 310 Å². The van der Waals surface area contributed by atoms with Gasteiger partial charge in [0, 0.05) is 52.3 Å². The maximum Gasteiger partial charge on any atom is 0.423 e. The van der Waals surface area contributed by atoms with Crippen molar-refractivity contribution >= 4 is 58.3 Å². The molecule has 53 heavy (non-hydrogen) atoms. The lowest BCUT2D eigenvalue weighted by Crippen LogP contribution is -2.48. The maximum atomic E-state index is 14.3. The quantitative estimate of drug-likeness (QED) is 0.0888. The first-order valence-corrected chi connectivity index (χ1v) is 22.7. The van der Waals surface area contributed by atoms with Gasteiger partial charge < -0.3 is 29.1 Å². The Morgan fingerprint density at radius 1 is 0.981 bits per heavy atom. The molecule has 1 N–H and O–H groups in total. The molecule has 1 fully saturated rings. The summed E-state index contributed by atoms with van der Waals surface area (Å²) in [7, 11) is -2.81. The van der Waals surface area contributed by atoms with Gasteiger partial charge in [0.1, 0.15) is 18.9 Å². The summed E-state index contributed by atoms with van der Waals surface area (Å²) in [5.41, 5.74) is 2.63. The third-order valence-electron chi connectivity index (χ3n) is 9.65. The van der Waals surface area contributed by atoms with Crippen LogP contribution in [0.15, 0.2) is 71.9 Å². The van der Waals surface area contributed by atoms with Crippen LogP contribution in [0.25, 0.3) is 10.9 Å². The van der Waals surface area contributed by atoms with Crippen LogP contribution >= 0.6 is 0 Å². The SMILES string of the molecule is COc1cc2ncnc(N3CCC(CN4Cc5ccccc5N(c5cccc(S(=O)(=O)N(COCC[Si](C)(C)C)C(=O)O)c5)C4=O)CC3)c2cc1OC. The lowest BCUT2D eigenvalue weighted by molar-refractivity contribution is 0.0752. The first-order chi connectivity index (χ1) is 25.3. The summed E-state index contributed by atoms with van der Waals surface area (Å²) in [6.45, 7) is 8.46.